The molecule has 0 unspecified atom stereocenters. The maximum atomic E-state index is 1.91. The molecule has 0 aromatic heterocycles. The van der Waals surface area contributed by atoms with Gasteiger partial charge in [-0.1, -0.05) is 64.2 Å². The van der Waals surface area contributed by atoms with Crippen LogP contribution in [0.1, 0.15) is 96.3 Å². The summed E-state index contributed by atoms with van der Waals surface area (Å²) in [6, 6.07) is 0. The molecule has 3 aliphatic carbocycles. The van der Waals surface area contributed by atoms with Gasteiger partial charge in [-0.2, -0.15) is 0 Å². The Kier molecular flexibility index (Phi) is 6.45. The van der Waals surface area contributed by atoms with Crippen LogP contribution in [0.4, 0.5) is 0 Å². The topological polar surface area (TPSA) is 0 Å². The number of hydrogen-bond acceptors (Lipinski definition) is 0. The summed E-state index contributed by atoms with van der Waals surface area (Å²) in [7, 11) is 0. The zero-order valence-corrected chi connectivity index (χ0v) is 11.7. The zero-order chi connectivity index (χ0) is 11.8. The van der Waals surface area contributed by atoms with E-state index in [0.717, 1.165) is 5.92 Å². The summed E-state index contributed by atoms with van der Waals surface area (Å²) in [4.78, 5) is 0. The lowest BCUT2D eigenvalue weighted by atomic mass is 9.78. The van der Waals surface area contributed by atoms with E-state index < -0.39 is 0 Å². The minimum absolute atomic E-state index is 1.09. The van der Waals surface area contributed by atoms with Gasteiger partial charge in [0.05, 0.1) is 0 Å². The van der Waals surface area contributed by atoms with E-state index in [0.29, 0.717) is 0 Å². The van der Waals surface area contributed by atoms with E-state index in [9.17, 15) is 0 Å². The molecule has 3 fully saturated rings. The highest BCUT2D eigenvalue weighted by Crippen LogP contribution is 2.36. The van der Waals surface area contributed by atoms with Crippen LogP contribution in [-0.2, 0) is 0 Å². The third-order valence-electron chi connectivity index (χ3n) is 4.95. The molecule has 0 aromatic rings. The first-order valence-corrected chi connectivity index (χ1v) is 8.29. The van der Waals surface area contributed by atoms with E-state index in [1.54, 1.807) is 0 Å². The Morgan fingerprint density at radius 3 is 1.65 bits per heavy atom. The van der Waals surface area contributed by atoms with Gasteiger partial charge in [0.15, 0.2) is 0 Å². The Bertz CT molecular complexity index is 151. The van der Waals surface area contributed by atoms with Crippen molar-refractivity contribution in [1.82, 2.24) is 0 Å². The first-order chi connectivity index (χ1) is 8.45. The lowest BCUT2D eigenvalue weighted by molar-refractivity contribution is 0.335. The van der Waals surface area contributed by atoms with Gasteiger partial charge in [0.25, 0.3) is 0 Å². The fraction of sp³-hybridized carbons (Fsp3) is 0.941. The van der Waals surface area contributed by atoms with E-state index >= 15 is 0 Å². The summed E-state index contributed by atoms with van der Waals surface area (Å²) in [5, 5.41) is 0. The minimum Gasteiger partial charge on any atom is -0.0533 e. The molecular weight excluding hydrogens is 204 g/mol. The summed E-state index contributed by atoms with van der Waals surface area (Å²) >= 11 is 0. The van der Waals surface area contributed by atoms with Gasteiger partial charge >= 0.3 is 0 Å². The molecule has 0 heteroatoms. The van der Waals surface area contributed by atoms with Crippen molar-refractivity contribution in [2.24, 2.45) is 5.92 Å². The number of fused-ring (bicyclic) bond motifs is 12. The number of hydrogen-bond donors (Lipinski definition) is 0. The predicted molar refractivity (Wildman–Crippen MR) is 76.0 cm³/mol. The van der Waals surface area contributed by atoms with Crippen molar-refractivity contribution >= 4 is 0 Å². The van der Waals surface area contributed by atoms with Gasteiger partial charge < -0.3 is 0 Å². The molecule has 99 valence electrons. The maximum absolute atomic E-state index is 1.91. The molecule has 3 rings (SSSR count). The average Bonchev–Trinajstić information content (AvgIpc) is 2.38. The van der Waals surface area contributed by atoms with Crippen LogP contribution in [0.3, 0.4) is 0 Å². The SMILES string of the molecule is C1CCCCC[C]2CCC(CCCCC1)CC2. The molecule has 0 aliphatic heterocycles. The molecule has 2 bridgehead atoms. The monoisotopic (exact) mass is 235 g/mol. The molecule has 3 saturated carbocycles. The summed E-state index contributed by atoms with van der Waals surface area (Å²) in [6.45, 7) is 0. The van der Waals surface area contributed by atoms with E-state index in [1.807, 2.05) is 5.92 Å². The predicted octanol–water partition coefficient (Wildman–Crippen LogP) is 6.06. The molecular formula is C17H31. The molecule has 3 aliphatic rings. The quantitative estimate of drug-likeness (QED) is 0.479. The maximum Gasteiger partial charge on any atom is -0.0241 e. The van der Waals surface area contributed by atoms with Crippen LogP contribution in [0.25, 0.3) is 0 Å². The Labute approximate surface area is 109 Å². The van der Waals surface area contributed by atoms with Gasteiger partial charge in [0, 0.05) is 0 Å². The van der Waals surface area contributed by atoms with Gasteiger partial charge in [0.2, 0.25) is 0 Å². The zero-order valence-electron chi connectivity index (χ0n) is 11.7. The summed E-state index contributed by atoms with van der Waals surface area (Å²) in [5.41, 5.74) is 0. The molecule has 0 spiro atoms. The first-order valence-electron chi connectivity index (χ1n) is 8.29. The van der Waals surface area contributed by atoms with E-state index in [4.69, 9.17) is 0 Å². The van der Waals surface area contributed by atoms with Crippen LogP contribution >= 0.6 is 0 Å². The van der Waals surface area contributed by atoms with Crippen molar-refractivity contribution in [2.45, 2.75) is 96.3 Å². The largest absolute Gasteiger partial charge is 0.0533 e. The summed E-state index contributed by atoms with van der Waals surface area (Å²) < 4.78 is 0. The molecule has 0 nitrogen and oxygen atoms in total. The number of rotatable bonds is 0. The summed E-state index contributed by atoms with van der Waals surface area (Å²) in [6.07, 6.45) is 22.5. The van der Waals surface area contributed by atoms with Gasteiger partial charge in [-0.15, -0.1) is 0 Å². The Morgan fingerprint density at radius 2 is 1.00 bits per heavy atom. The van der Waals surface area contributed by atoms with Crippen LogP contribution in [0.2, 0.25) is 0 Å². The van der Waals surface area contributed by atoms with Crippen molar-refractivity contribution in [2.75, 3.05) is 0 Å². The van der Waals surface area contributed by atoms with Crippen molar-refractivity contribution in [3.63, 3.8) is 0 Å². The Hall–Kier alpha value is 0. The normalized spacial score (nSPS) is 27.5. The van der Waals surface area contributed by atoms with E-state index in [1.165, 1.54) is 96.3 Å². The highest BCUT2D eigenvalue weighted by Gasteiger charge is 2.20. The fourth-order valence-electron chi connectivity index (χ4n) is 3.67. The second-order valence-electron chi connectivity index (χ2n) is 6.41. The fourth-order valence-corrected chi connectivity index (χ4v) is 3.67. The van der Waals surface area contributed by atoms with Crippen LogP contribution in [0.15, 0.2) is 0 Å². The molecule has 0 N–H and O–H groups in total. The lowest BCUT2D eigenvalue weighted by Gasteiger charge is -2.28. The summed E-state index contributed by atoms with van der Waals surface area (Å²) in [5.74, 6) is 3.00. The van der Waals surface area contributed by atoms with Crippen molar-refractivity contribution in [3.8, 4) is 0 Å². The van der Waals surface area contributed by atoms with Crippen molar-refractivity contribution in [1.29, 1.82) is 0 Å². The highest BCUT2D eigenvalue weighted by atomic mass is 14.3. The Morgan fingerprint density at radius 1 is 0.471 bits per heavy atom. The van der Waals surface area contributed by atoms with Crippen LogP contribution in [-0.4, -0.2) is 0 Å². The lowest BCUT2D eigenvalue weighted by Crippen LogP contribution is -2.13. The van der Waals surface area contributed by atoms with E-state index in [2.05, 4.69) is 0 Å². The van der Waals surface area contributed by atoms with Gasteiger partial charge in [-0.3, -0.25) is 0 Å². The molecule has 1 radical (unpaired) electrons. The molecule has 0 saturated heterocycles. The van der Waals surface area contributed by atoms with Gasteiger partial charge in [-0.05, 0) is 43.9 Å². The highest BCUT2D eigenvalue weighted by molar-refractivity contribution is 4.94. The van der Waals surface area contributed by atoms with Crippen molar-refractivity contribution in [3.05, 3.63) is 5.92 Å². The minimum atomic E-state index is 1.09. The van der Waals surface area contributed by atoms with E-state index in [-0.39, 0.29) is 0 Å². The molecule has 17 heavy (non-hydrogen) atoms. The molecule has 0 atom stereocenters. The van der Waals surface area contributed by atoms with Gasteiger partial charge in [-0.25, -0.2) is 0 Å². The second-order valence-corrected chi connectivity index (χ2v) is 6.41. The standard InChI is InChI=1S/C17H31/c1-2-4-6-8-10-16-12-14-17(15-13-16)11-9-7-5-3-1/h16H,1-15H2. The third-order valence-corrected chi connectivity index (χ3v) is 4.95. The van der Waals surface area contributed by atoms with Crippen LogP contribution in [0, 0.1) is 11.8 Å². The molecule has 0 aromatic carbocycles. The molecule has 0 heterocycles. The van der Waals surface area contributed by atoms with Crippen LogP contribution in [0.5, 0.6) is 0 Å². The smallest absolute Gasteiger partial charge is 0.0241 e. The Balaban J connectivity index is 1.71. The van der Waals surface area contributed by atoms with Crippen LogP contribution < -0.4 is 0 Å². The third kappa shape index (κ3) is 5.44. The van der Waals surface area contributed by atoms with Gasteiger partial charge in [0.1, 0.15) is 0 Å². The first kappa shape index (κ1) is 13.4. The van der Waals surface area contributed by atoms with Crippen molar-refractivity contribution < 1.29 is 0 Å². The molecule has 0 amide bonds. The second kappa shape index (κ2) is 8.16. The average molecular weight is 235 g/mol.